The van der Waals surface area contributed by atoms with Crippen LogP contribution >= 0.6 is 0 Å². The quantitative estimate of drug-likeness (QED) is 0.799. The average Bonchev–Trinajstić information content (AvgIpc) is 2.49. The fraction of sp³-hybridized carbons (Fsp3) is 0.444. The van der Waals surface area contributed by atoms with E-state index < -0.39 is 6.43 Å². The van der Waals surface area contributed by atoms with E-state index in [-0.39, 0.29) is 11.6 Å². The van der Waals surface area contributed by atoms with Gasteiger partial charge in [0.25, 0.3) is 6.43 Å². The van der Waals surface area contributed by atoms with E-state index in [4.69, 9.17) is 0 Å². The van der Waals surface area contributed by atoms with Gasteiger partial charge in [-0.1, -0.05) is 26.0 Å². The fourth-order valence-corrected chi connectivity index (χ4v) is 2.18. The number of benzene rings is 1. The number of rotatable bonds is 6. The molecule has 0 unspecified atom stereocenters. The lowest BCUT2D eigenvalue weighted by atomic mass is 10.0. The van der Waals surface area contributed by atoms with Crippen molar-refractivity contribution < 1.29 is 8.78 Å². The highest BCUT2D eigenvalue weighted by Gasteiger charge is 2.14. The summed E-state index contributed by atoms with van der Waals surface area (Å²) in [7, 11) is 0. The number of alkyl halides is 2. The van der Waals surface area contributed by atoms with Gasteiger partial charge in [0.05, 0.1) is 5.69 Å². The monoisotopic (exact) mass is 319 g/mol. The summed E-state index contributed by atoms with van der Waals surface area (Å²) in [6.45, 7) is 8.90. The minimum atomic E-state index is -2.62. The summed E-state index contributed by atoms with van der Waals surface area (Å²) in [6.07, 6.45) is -1.68. The first-order chi connectivity index (χ1) is 10.9. The van der Waals surface area contributed by atoms with E-state index >= 15 is 0 Å². The van der Waals surface area contributed by atoms with E-state index in [9.17, 15) is 8.78 Å². The van der Waals surface area contributed by atoms with Gasteiger partial charge in [-0.05, 0) is 49.4 Å². The van der Waals surface area contributed by atoms with Crippen molar-refractivity contribution in [1.82, 2.24) is 9.97 Å². The molecule has 2 rings (SSSR count). The SMILES string of the molecule is Cc1ccc(-c2cc(C(F)F)nc(NCCC(C)C)n2)cc1C. The van der Waals surface area contributed by atoms with Crippen LogP contribution in [0.5, 0.6) is 0 Å². The van der Waals surface area contributed by atoms with Crippen molar-refractivity contribution in [3.05, 3.63) is 41.1 Å². The lowest BCUT2D eigenvalue weighted by molar-refractivity contribution is 0.146. The molecule has 0 bridgehead atoms. The summed E-state index contributed by atoms with van der Waals surface area (Å²) in [6, 6.07) is 7.20. The van der Waals surface area contributed by atoms with Crippen molar-refractivity contribution in [2.24, 2.45) is 5.92 Å². The van der Waals surface area contributed by atoms with Crippen molar-refractivity contribution in [1.29, 1.82) is 0 Å². The number of nitrogens with zero attached hydrogens (tertiary/aromatic N) is 2. The van der Waals surface area contributed by atoms with Crippen molar-refractivity contribution in [3.63, 3.8) is 0 Å². The van der Waals surface area contributed by atoms with E-state index in [0.29, 0.717) is 18.2 Å². The van der Waals surface area contributed by atoms with Gasteiger partial charge in [0.15, 0.2) is 0 Å². The van der Waals surface area contributed by atoms with Crippen molar-refractivity contribution in [2.75, 3.05) is 11.9 Å². The molecule has 0 saturated heterocycles. The molecule has 2 aromatic rings. The van der Waals surface area contributed by atoms with Crippen LogP contribution in [0.4, 0.5) is 14.7 Å². The zero-order valence-electron chi connectivity index (χ0n) is 14.0. The summed E-state index contributed by atoms with van der Waals surface area (Å²) in [5.41, 5.74) is 3.36. The second-order valence-corrected chi connectivity index (χ2v) is 6.21. The van der Waals surface area contributed by atoms with Gasteiger partial charge in [0.2, 0.25) is 5.95 Å². The van der Waals surface area contributed by atoms with Gasteiger partial charge >= 0.3 is 0 Å². The highest BCUT2D eigenvalue weighted by molar-refractivity contribution is 5.62. The highest BCUT2D eigenvalue weighted by Crippen LogP contribution is 2.26. The van der Waals surface area contributed by atoms with E-state index in [1.54, 1.807) is 0 Å². The molecule has 23 heavy (non-hydrogen) atoms. The minimum absolute atomic E-state index is 0.250. The van der Waals surface area contributed by atoms with Gasteiger partial charge in [0.1, 0.15) is 5.69 Å². The molecule has 0 spiro atoms. The zero-order chi connectivity index (χ0) is 17.0. The van der Waals surface area contributed by atoms with Gasteiger partial charge in [-0.3, -0.25) is 0 Å². The second kappa shape index (κ2) is 7.49. The van der Waals surface area contributed by atoms with Crippen LogP contribution in [0.15, 0.2) is 24.3 Å². The Morgan fingerprint density at radius 1 is 1.04 bits per heavy atom. The molecule has 0 aliphatic rings. The van der Waals surface area contributed by atoms with E-state index in [1.807, 2.05) is 32.0 Å². The molecule has 0 amide bonds. The Morgan fingerprint density at radius 3 is 2.39 bits per heavy atom. The molecule has 124 valence electrons. The van der Waals surface area contributed by atoms with Crippen molar-refractivity contribution in [2.45, 2.75) is 40.5 Å². The van der Waals surface area contributed by atoms with E-state index in [2.05, 4.69) is 29.1 Å². The van der Waals surface area contributed by atoms with Crippen LogP contribution < -0.4 is 5.32 Å². The Kier molecular flexibility index (Phi) is 5.64. The third kappa shape index (κ3) is 4.71. The van der Waals surface area contributed by atoms with Crippen LogP contribution in [-0.4, -0.2) is 16.5 Å². The standard InChI is InChI=1S/C18H23F2N3/c1-11(2)7-8-21-18-22-15(10-16(23-18)17(19)20)14-6-5-12(3)13(4)9-14/h5-6,9-11,17H,7-8H2,1-4H3,(H,21,22,23). The van der Waals surface area contributed by atoms with Crippen LogP contribution in [0.1, 0.15) is 43.5 Å². The minimum Gasteiger partial charge on any atom is -0.354 e. The Balaban J connectivity index is 2.34. The summed E-state index contributed by atoms with van der Waals surface area (Å²) >= 11 is 0. The van der Waals surface area contributed by atoms with Crippen molar-refractivity contribution in [3.8, 4) is 11.3 Å². The summed E-state index contributed by atoms with van der Waals surface area (Å²) in [4.78, 5) is 8.32. The van der Waals surface area contributed by atoms with Crippen LogP contribution in [-0.2, 0) is 0 Å². The number of anilines is 1. The maximum atomic E-state index is 13.1. The molecule has 1 N–H and O–H groups in total. The Bertz CT molecular complexity index is 669. The van der Waals surface area contributed by atoms with Crippen LogP contribution in [0.25, 0.3) is 11.3 Å². The Labute approximate surface area is 136 Å². The predicted molar refractivity (Wildman–Crippen MR) is 89.8 cm³/mol. The van der Waals surface area contributed by atoms with Crippen LogP contribution in [0, 0.1) is 19.8 Å². The van der Waals surface area contributed by atoms with Crippen LogP contribution in [0.2, 0.25) is 0 Å². The Morgan fingerprint density at radius 2 is 1.78 bits per heavy atom. The second-order valence-electron chi connectivity index (χ2n) is 6.21. The third-order valence-corrected chi connectivity index (χ3v) is 3.78. The normalized spacial score (nSPS) is 11.3. The van der Waals surface area contributed by atoms with Gasteiger partial charge in [0, 0.05) is 12.1 Å². The lowest BCUT2D eigenvalue weighted by Gasteiger charge is -2.11. The molecule has 0 saturated carbocycles. The maximum Gasteiger partial charge on any atom is 0.280 e. The van der Waals surface area contributed by atoms with Gasteiger partial charge in [-0.2, -0.15) is 0 Å². The topological polar surface area (TPSA) is 37.8 Å². The summed E-state index contributed by atoms with van der Waals surface area (Å²) in [5, 5.41) is 3.05. The van der Waals surface area contributed by atoms with E-state index in [1.165, 1.54) is 6.07 Å². The number of hydrogen-bond donors (Lipinski definition) is 1. The van der Waals surface area contributed by atoms with Gasteiger partial charge in [-0.25, -0.2) is 18.7 Å². The number of aryl methyl sites for hydroxylation is 2. The molecule has 3 nitrogen and oxygen atoms in total. The smallest absolute Gasteiger partial charge is 0.280 e. The average molecular weight is 319 g/mol. The predicted octanol–water partition coefficient (Wildman–Crippen LogP) is 5.16. The first kappa shape index (κ1) is 17.3. The number of nitrogens with one attached hydrogen (secondary N) is 1. The zero-order valence-corrected chi connectivity index (χ0v) is 14.0. The molecule has 5 heteroatoms. The molecule has 0 aliphatic carbocycles. The molecule has 1 aromatic heterocycles. The summed E-state index contributed by atoms with van der Waals surface area (Å²) in [5.74, 6) is 0.789. The fourth-order valence-electron chi connectivity index (χ4n) is 2.18. The highest BCUT2D eigenvalue weighted by atomic mass is 19.3. The van der Waals surface area contributed by atoms with Gasteiger partial charge < -0.3 is 5.32 Å². The molecule has 1 aromatic carbocycles. The van der Waals surface area contributed by atoms with Crippen LogP contribution in [0.3, 0.4) is 0 Å². The summed E-state index contributed by atoms with van der Waals surface area (Å²) < 4.78 is 26.2. The molecule has 0 aliphatic heterocycles. The van der Waals surface area contributed by atoms with Gasteiger partial charge in [-0.15, -0.1) is 0 Å². The molecular weight excluding hydrogens is 296 g/mol. The first-order valence-corrected chi connectivity index (χ1v) is 7.85. The number of aromatic nitrogens is 2. The Hall–Kier alpha value is -2.04. The molecule has 0 radical (unpaired) electrons. The third-order valence-electron chi connectivity index (χ3n) is 3.78. The maximum absolute atomic E-state index is 13.1. The molecule has 0 fully saturated rings. The lowest BCUT2D eigenvalue weighted by Crippen LogP contribution is -2.09. The largest absolute Gasteiger partial charge is 0.354 e. The first-order valence-electron chi connectivity index (χ1n) is 7.85. The molecular formula is C18H23F2N3. The molecule has 0 atom stereocenters. The number of hydrogen-bond acceptors (Lipinski definition) is 3. The van der Waals surface area contributed by atoms with Crippen molar-refractivity contribution >= 4 is 5.95 Å². The van der Waals surface area contributed by atoms with E-state index in [0.717, 1.165) is 23.1 Å². The molecule has 1 heterocycles. The number of halogens is 2.